The molecule has 2 aromatic carbocycles. The van der Waals surface area contributed by atoms with E-state index in [0.717, 1.165) is 18.4 Å². The minimum absolute atomic E-state index is 0.0376. The summed E-state index contributed by atoms with van der Waals surface area (Å²) in [6, 6.07) is 12.4. The SMILES string of the molecule is Cc1ccccc1C(=O)NC(C(=O)N1CCCC1)C1CCN(C(=O)c2cccc(F)c2)CC1. The Morgan fingerprint density at radius 1 is 0.939 bits per heavy atom. The highest BCUT2D eigenvalue weighted by Crippen LogP contribution is 2.25. The number of piperidine rings is 1. The lowest BCUT2D eigenvalue weighted by atomic mass is 9.87. The molecule has 3 amide bonds. The predicted molar refractivity (Wildman–Crippen MR) is 123 cm³/mol. The van der Waals surface area contributed by atoms with E-state index in [1.54, 1.807) is 17.0 Å². The quantitative estimate of drug-likeness (QED) is 0.758. The van der Waals surface area contributed by atoms with E-state index in [1.165, 1.54) is 18.2 Å². The van der Waals surface area contributed by atoms with Gasteiger partial charge in [-0.3, -0.25) is 14.4 Å². The zero-order valence-corrected chi connectivity index (χ0v) is 18.9. The van der Waals surface area contributed by atoms with E-state index < -0.39 is 11.9 Å². The van der Waals surface area contributed by atoms with E-state index in [9.17, 15) is 18.8 Å². The van der Waals surface area contributed by atoms with Crippen molar-refractivity contribution in [3.05, 3.63) is 71.0 Å². The number of rotatable bonds is 5. The zero-order chi connectivity index (χ0) is 23.4. The molecule has 7 heteroatoms. The third-order valence-corrected chi connectivity index (χ3v) is 6.73. The van der Waals surface area contributed by atoms with E-state index >= 15 is 0 Å². The van der Waals surface area contributed by atoms with Gasteiger partial charge < -0.3 is 15.1 Å². The Labute approximate surface area is 193 Å². The Kier molecular flexibility index (Phi) is 7.06. The van der Waals surface area contributed by atoms with E-state index in [-0.39, 0.29) is 23.6 Å². The molecule has 0 aromatic heterocycles. The summed E-state index contributed by atoms with van der Waals surface area (Å²) in [6.45, 7) is 4.23. The Morgan fingerprint density at radius 2 is 1.64 bits per heavy atom. The molecular formula is C26H30FN3O3. The molecular weight excluding hydrogens is 421 g/mol. The second-order valence-corrected chi connectivity index (χ2v) is 8.94. The third kappa shape index (κ3) is 5.24. The molecule has 0 spiro atoms. The number of hydrogen-bond donors (Lipinski definition) is 1. The third-order valence-electron chi connectivity index (χ3n) is 6.73. The Bertz CT molecular complexity index is 1030. The molecule has 1 atom stereocenters. The average Bonchev–Trinajstić information content (AvgIpc) is 3.37. The number of benzene rings is 2. The maximum absolute atomic E-state index is 13.5. The summed E-state index contributed by atoms with van der Waals surface area (Å²) in [4.78, 5) is 42.7. The first-order valence-corrected chi connectivity index (χ1v) is 11.6. The van der Waals surface area contributed by atoms with Gasteiger partial charge in [0.25, 0.3) is 11.8 Å². The molecule has 0 aliphatic carbocycles. The number of carbonyl (C=O) groups excluding carboxylic acids is 3. The molecule has 4 rings (SSSR count). The molecule has 0 radical (unpaired) electrons. The van der Waals surface area contributed by atoms with Crippen LogP contribution in [0.25, 0.3) is 0 Å². The van der Waals surface area contributed by atoms with Crippen LogP contribution in [0.2, 0.25) is 0 Å². The van der Waals surface area contributed by atoms with Gasteiger partial charge in [-0.2, -0.15) is 0 Å². The normalized spacial score (nSPS) is 17.6. The Morgan fingerprint density at radius 3 is 2.30 bits per heavy atom. The molecule has 2 aliphatic rings. The summed E-state index contributed by atoms with van der Waals surface area (Å²) < 4.78 is 13.5. The van der Waals surface area contributed by atoms with E-state index in [0.29, 0.717) is 50.1 Å². The van der Waals surface area contributed by atoms with Crippen LogP contribution in [0.4, 0.5) is 4.39 Å². The van der Waals surface area contributed by atoms with Crippen LogP contribution >= 0.6 is 0 Å². The monoisotopic (exact) mass is 451 g/mol. The predicted octanol–water partition coefficient (Wildman–Crippen LogP) is 3.41. The molecule has 0 bridgehead atoms. The number of aryl methyl sites for hydroxylation is 1. The fourth-order valence-corrected chi connectivity index (χ4v) is 4.80. The van der Waals surface area contributed by atoms with Gasteiger partial charge in [-0.25, -0.2) is 4.39 Å². The lowest BCUT2D eigenvalue weighted by molar-refractivity contribution is -0.134. The van der Waals surface area contributed by atoms with Gasteiger partial charge in [0, 0.05) is 37.3 Å². The van der Waals surface area contributed by atoms with Crippen molar-refractivity contribution in [2.45, 2.75) is 38.6 Å². The molecule has 2 fully saturated rings. The van der Waals surface area contributed by atoms with Crippen molar-refractivity contribution >= 4 is 17.7 Å². The molecule has 6 nitrogen and oxygen atoms in total. The van der Waals surface area contributed by atoms with Crippen LogP contribution in [0, 0.1) is 18.7 Å². The van der Waals surface area contributed by atoms with Gasteiger partial charge in [-0.05, 0) is 68.4 Å². The lowest BCUT2D eigenvalue weighted by Crippen LogP contribution is -2.54. The molecule has 2 aliphatic heterocycles. The smallest absolute Gasteiger partial charge is 0.253 e. The maximum Gasteiger partial charge on any atom is 0.253 e. The largest absolute Gasteiger partial charge is 0.341 e. The first-order chi connectivity index (χ1) is 15.9. The van der Waals surface area contributed by atoms with Crippen molar-refractivity contribution in [1.29, 1.82) is 0 Å². The van der Waals surface area contributed by atoms with Crippen LogP contribution in [-0.4, -0.2) is 59.7 Å². The fourth-order valence-electron chi connectivity index (χ4n) is 4.80. The second kappa shape index (κ2) is 10.1. The first-order valence-electron chi connectivity index (χ1n) is 11.6. The number of nitrogens with one attached hydrogen (secondary N) is 1. The van der Waals surface area contributed by atoms with Gasteiger partial charge in [-0.1, -0.05) is 24.3 Å². The van der Waals surface area contributed by atoms with Crippen molar-refractivity contribution in [3.63, 3.8) is 0 Å². The second-order valence-electron chi connectivity index (χ2n) is 8.94. The van der Waals surface area contributed by atoms with Crippen LogP contribution in [-0.2, 0) is 4.79 Å². The van der Waals surface area contributed by atoms with Crippen molar-refractivity contribution in [2.75, 3.05) is 26.2 Å². The lowest BCUT2D eigenvalue weighted by Gasteiger charge is -2.37. The number of amides is 3. The standard InChI is InChI=1S/C26H30FN3O3/c1-18-7-2-3-10-22(18)24(31)28-23(26(33)29-13-4-5-14-29)19-11-15-30(16-12-19)25(32)20-8-6-9-21(27)17-20/h2-3,6-10,17,19,23H,4-5,11-16H2,1H3,(H,28,31). The van der Waals surface area contributed by atoms with Crippen molar-refractivity contribution in [1.82, 2.24) is 15.1 Å². The Hall–Kier alpha value is -3.22. The number of halogens is 1. The van der Waals surface area contributed by atoms with Gasteiger partial charge in [0.15, 0.2) is 0 Å². The highest BCUT2D eigenvalue weighted by atomic mass is 19.1. The molecule has 174 valence electrons. The van der Waals surface area contributed by atoms with E-state index in [1.807, 2.05) is 30.0 Å². The molecule has 2 saturated heterocycles. The van der Waals surface area contributed by atoms with Crippen LogP contribution in [0.1, 0.15) is 52.0 Å². The summed E-state index contributed by atoms with van der Waals surface area (Å²) in [5.74, 6) is -0.999. The molecule has 33 heavy (non-hydrogen) atoms. The van der Waals surface area contributed by atoms with Crippen molar-refractivity contribution < 1.29 is 18.8 Å². The van der Waals surface area contributed by atoms with E-state index in [2.05, 4.69) is 5.32 Å². The molecule has 1 N–H and O–H groups in total. The van der Waals surface area contributed by atoms with Gasteiger partial charge in [0.05, 0.1) is 0 Å². The van der Waals surface area contributed by atoms with Gasteiger partial charge in [0.2, 0.25) is 5.91 Å². The Balaban J connectivity index is 1.47. The van der Waals surface area contributed by atoms with Gasteiger partial charge in [-0.15, -0.1) is 0 Å². The number of carbonyl (C=O) groups is 3. The summed E-state index contributed by atoms with van der Waals surface area (Å²) in [5.41, 5.74) is 1.75. The molecule has 0 saturated carbocycles. The topological polar surface area (TPSA) is 69.7 Å². The van der Waals surface area contributed by atoms with Crippen LogP contribution in [0.3, 0.4) is 0 Å². The first kappa shape index (κ1) is 23.0. The number of hydrogen-bond acceptors (Lipinski definition) is 3. The van der Waals surface area contributed by atoms with Crippen molar-refractivity contribution in [2.24, 2.45) is 5.92 Å². The summed E-state index contributed by atoms with van der Waals surface area (Å²) in [5, 5.41) is 3.02. The highest BCUT2D eigenvalue weighted by molar-refractivity contribution is 5.99. The van der Waals surface area contributed by atoms with Crippen molar-refractivity contribution in [3.8, 4) is 0 Å². The molecule has 1 unspecified atom stereocenters. The molecule has 2 aromatic rings. The fraction of sp³-hybridized carbons (Fsp3) is 0.423. The summed E-state index contributed by atoms with van der Waals surface area (Å²) >= 11 is 0. The minimum Gasteiger partial charge on any atom is -0.341 e. The summed E-state index contributed by atoms with van der Waals surface area (Å²) in [6.07, 6.45) is 3.15. The van der Waals surface area contributed by atoms with Crippen LogP contribution in [0.5, 0.6) is 0 Å². The van der Waals surface area contributed by atoms with Gasteiger partial charge >= 0.3 is 0 Å². The van der Waals surface area contributed by atoms with E-state index in [4.69, 9.17) is 0 Å². The van der Waals surface area contributed by atoms with Gasteiger partial charge in [0.1, 0.15) is 11.9 Å². The average molecular weight is 452 g/mol. The number of likely N-dealkylation sites (tertiary alicyclic amines) is 2. The highest BCUT2D eigenvalue weighted by Gasteiger charge is 2.37. The summed E-state index contributed by atoms with van der Waals surface area (Å²) in [7, 11) is 0. The van der Waals surface area contributed by atoms with Crippen LogP contribution < -0.4 is 5.32 Å². The minimum atomic E-state index is -0.623. The molecule has 2 heterocycles. The van der Waals surface area contributed by atoms with Crippen LogP contribution in [0.15, 0.2) is 48.5 Å². The maximum atomic E-state index is 13.5. The zero-order valence-electron chi connectivity index (χ0n) is 18.9. The number of nitrogens with zero attached hydrogens (tertiary/aromatic N) is 2.